The highest BCUT2D eigenvalue weighted by Gasteiger charge is 2.50. The van der Waals surface area contributed by atoms with E-state index in [1.165, 1.54) is 6.20 Å². The van der Waals surface area contributed by atoms with Gasteiger partial charge in [0.1, 0.15) is 0 Å². The van der Waals surface area contributed by atoms with Crippen LogP contribution < -0.4 is 0 Å². The molecule has 0 aliphatic heterocycles. The van der Waals surface area contributed by atoms with Crippen molar-refractivity contribution in [1.29, 1.82) is 0 Å². The Morgan fingerprint density at radius 3 is 2.61 bits per heavy atom. The van der Waals surface area contributed by atoms with E-state index < -0.39 is 16.3 Å². The Morgan fingerprint density at radius 1 is 1.56 bits per heavy atom. The molecule has 0 amide bonds. The van der Waals surface area contributed by atoms with Gasteiger partial charge in [-0.15, -0.1) is 0 Å². The Morgan fingerprint density at radius 2 is 2.17 bits per heavy atom. The van der Waals surface area contributed by atoms with E-state index in [0.29, 0.717) is 29.7 Å². The van der Waals surface area contributed by atoms with Gasteiger partial charge in [-0.3, -0.25) is 19.9 Å². The van der Waals surface area contributed by atoms with E-state index in [-0.39, 0.29) is 12.1 Å². The summed E-state index contributed by atoms with van der Waals surface area (Å²) in [7, 11) is 0. The Bertz CT molecular complexity index is 535. The number of nitro groups is 1. The van der Waals surface area contributed by atoms with Crippen LogP contribution in [-0.4, -0.2) is 21.0 Å². The van der Waals surface area contributed by atoms with Crippen LogP contribution >= 0.6 is 0 Å². The van der Waals surface area contributed by atoms with E-state index in [4.69, 9.17) is 5.11 Å². The van der Waals surface area contributed by atoms with Crippen molar-refractivity contribution in [2.75, 3.05) is 0 Å². The Hall–Kier alpha value is -1.98. The number of aliphatic carboxylic acids is 1. The van der Waals surface area contributed by atoms with Crippen LogP contribution in [-0.2, 0) is 11.2 Å². The predicted octanol–water partition coefficient (Wildman–Crippen LogP) is 2.01. The average molecular weight is 250 g/mol. The molecule has 1 saturated carbocycles. The van der Waals surface area contributed by atoms with Crippen molar-refractivity contribution in [2.24, 2.45) is 5.41 Å². The van der Waals surface area contributed by atoms with Gasteiger partial charge >= 0.3 is 5.97 Å². The van der Waals surface area contributed by atoms with Crippen molar-refractivity contribution in [3.05, 3.63) is 33.1 Å². The third-order valence-electron chi connectivity index (χ3n) is 3.57. The molecular weight excluding hydrogens is 236 g/mol. The second-order valence-electron chi connectivity index (χ2n) is 4.88. The van der Waals surface area contributed by atoms with Crippen LogP contribution in [0.3, 0.4) is 0 Å². The minimum atomic E-state index is -0.841. The lowest BCUT2D eigenvalue weighted by atomic mass is 9.96. The molecule has 0 unspecified atom stereocenters. The van der Waals surface area contributed by atoms with E-state index in [9.17, 15) is 14.9 Å². The quantitative estimate of drug-likeness (QED) is 0.651. The number of rotatable bonds is 4. The lowest BCUT2D eigenvalue weighted by Crippen LogP contribution is -2.19. The number of aromatic nitrogens is 1. The molecular formula is C12H14N2O4. The molecule has 1 aromatic heterocycles. The molecule has 96 valence electrons. The van der Waals surface area contributed by atoms with Crippen molar-refractivity contribution in [3.8, 4) is 0 Å². The zero-order valence-electron chi connectivity index (χ0n) is 10.3. The molecule has 0 atom stereocenters. The topological polar surface area (TPSA) is 93.3 Å². The lowest BCUT2D eigenvalue weighted by molar-refractivity contribution is -0.386. The maximum atomic E-state index is 11.1. The molecule has 1 N–H and O–H groups in total. The van der Waals surface area contributed by atoms with Crippen LogP contribution in [0.15, 0.2) is 6.20 Å². The summed E-state index contributed by atoms with van der Waals surface area (Å²) in [6, 6.07) is 0. The first-order valence-electron chi connectivity index (χ1n) is 5.70. The highest BCUT2D eigenvalue weighted by molar-refractivity contribution is 5.78. The van der Waals surface area contributed by atoms with Crippen LogP contribution in [0.2, 0.25) is 0 Å². The first kappa shape index (κ1) is 12.5. The van der Waals surface area contributed by atoms with Crippen LogP contribution in [0.5, 0.6) is 0 Å². The molecule has 2 rings (SSSR count). The molecule has 0 spiro atoms. The van der Waals surface area contributed by atoms with Gasteiger partial charge in [0.15, 0.2) is 0 Å². The second-order valence-corrected chi connectivity index (χ2v) is 4.88. The largest absolute Gasteiger partial charge is 0.481 e. The molecule has 6 heteroatoms. The minimum Gasteiger partial charge on any atom is -0.481 e. The van der Waals surface area contributed by atoms with Gasteiger partial charge in [-0.25, -0.2) is 0 Å². The Balaban J connectivity index is 2.39. The van der Waals surface area contributed by atoms with Crippen LogP contribution in [0.25, 0.3) is 0 Å². The van der Waals surface area contributed by atoms with Crippen molar-refractivity contribution in [3.63, 3.8) is 0 Å². The molecule has 6 nitrogen and oxygen atoms in total. The van der Waals surface area contributed by atoms with E-state index >= 15 is 0 Å². The van der Waals surface area contributed by atoms with Crippen LogP contribution in [0.4, 0.5) is 5.69 Å². The number of aryl methyl sites for hydroxylation is 1. The van der Waals surface area contributed by atoms with E-state index in [2.05, 4.69) is 4.98 Å². The van der Waals surface area contributed by atoms with Gasteiger partial charge in [0.2, 0.25) is 0 Å². The highest BCUT2D eigenvalue weighted by atomic mass is 16.6. The van der Waals surface area contributed by atoms with Crippen LogP contribution in [0, 0.1) is 29.4 Å². The highest BCUT2D eigenvalue weighted by Crippen LogP contribution is 2.49. The van der Waals surface area contributed by atoms with Gasteiger partial charge in [0, 0.05) is 23.7 Å². The Labute approximate surface area is 104 Å². The average Bonchev–Trinajstić information content (AvgIpc) is 3.03. The number of hydrogen-bond acceptors (Lipinski definition) is 4. The summed E-state index contributed by atoms with van der Waals surface area (Å²) in [5, 5.41) is 20.1. The molecule has 1 aromatic rings. The van der Waals surface area contributed by atoms with Gasteiger partial charge in [0.05, 0.1) is 16.0 Å². The predicted molar refractivity (Wildman–Crippen MR) is 63.4 cm³/mol. The number of carboxylic acid groups (broad SMARTS) is 1. The lowest BCUT2D eigenvalue weighted by Gasteiger charge is -2.12. The normalized spacial score (nSPS) is 16.3. The Kier molecular flexibility index (Phi) is 2.80. The molecule has 18 heavy (non-hydrogen) atoms. The van der Waals surface area contributed by atoms with Gasteiger partial charge < -0.3 is 5.11 Å². The van der Waals surface area contributed by atoms with Crippen molar-refractivity contribution in [1.82, 2.24) is 4.98 Å². The summed E-state index contributed by atoms with van der Waals surface area (Å²) >= 11 is 0. The van der Waals surface area contributed by atoms with Gasteiger partial charge in [-0.2, -0.15) is 0 Å². The van der Waals surface area contributed by atoms with E-state index in [1.807, 2.05) is 0 Å². The first-order chi connectivity index (χ1) is 8.37. The summed E-state index contributed by atoms with van der Waals surface area (Å²) < 4.78 is 0. The molecule has 0 aromatic carbocycles. The third-order valence-corrected chi connectivity index (χ3v) is 3.57. The molecule has 1 aliphatic rings. The fourth-order valence-corrected chi connectivity index (χ4v) is 2.16. The summed E-state index contributed by atoms with van der Waals surface area (Å²) in [6.45, 7) is 3.26. The standard InChI is InChI=1S/C12H14N2O4/c1-7-6-13-9(8(2)10(7)14(17)18)5-12(3-4-12)11(15)16/h6H,3-5H2,1-2H3,(H,15,16). The number of pyridine rings is 1. The van der Waals surface area contributed by atoms with Gasteiger partial charge in [-0.1, -0.05) is 0 Å². The number of nitrogens with zero attached hydrogens (tertiary/aromatic N) is 2. The zero-order chi connectivity index (χ0) is 13.5. The van der Waals surface area contributed by atoms with Gasteiger partial charge in [0.25, 0.3) is 5.69 Å². The summed E-state index contributed by atoms with van der Waals surface area (Å²) in [5.41, 5.74) is 0.795. The van der Waals surface area contributed by atoms with E-state index in [1.54, 1.807) is 13.8 Å². The maximum absolute atomic E-state index is 11.1. The molecule has 0 saturated heterocycles. The van der Waals surface area contributed by atoms with Crippen molar-refractivity contribution < 1.29 is 14.8 Å². The summed E-state index contributed by atoms with van der Waals surface area (Å²) in [6.07, 6.45) is 2.95. The second kappa shape index (κ2) is 4.04. The zero-order valence-corrected chi connectivity index (χ0v) is 10.3. The minimum absolute atomic E-state index is 0.0428. The summed E-state index contributed by atoms with van der Waals surface area (Å²) in [4.78, 5) is 25.8. The number of carboxylic acids is 1. The number of carbonyl (C=O) groups is 1. The fourth-order valence-electron chi connectivity index (χ4n) is 2.16. The molecule has 0 radical (unpaired) electrons. The van der Waals surface area contributed by atoms with Crippen molar-refractivity contribution in [2.45, 2.75) is 33.1 Å². The number of hydrogen-bond donors (Lipinski definition) is 1. The summed E-state index contributed by atoms with van der Waals surface area (Å²) in [5.74, 6) is -0.841. The first-order valence-corrected chi connectivity index (χ1v) is 5.70. The van der Waals surface area contributed by atoms with Crippen LogP contribution in [0.1, 0.15) is 29.7 Å². The maximum Gasteiger partial charge on any atom is 0.310 e. The van der Waals surface area contributed by atoms with Gasteiger partial charge in [-0.05, 0) is 26.7 Å². The third kappa shape index (κ3) is 1.94. The SMILES string of the molecule is Cc1cnc(CC2(C(=O)O)CC2)c(C)c1[N+](=O)[O-]. The molecule has 1 fully saturated rings. The monoisotopic (exact) mass is 250 g/mol. The molecule has 1 aliphatic carbocycles. The smallest absolute Gasteiger partial charge is 0.310 e. The molecule has 0 bridgehead atoms. The fraction of sp³-hybridized carbons (Fsp3) is 0.500. The van der Waals surface area contributed by atoms with E-state index in [0.717, 1.165) is 0 Å². The van der Waals surface area contributed by atoms with Crippen molar-refractivity contribution >= 4 is 11.7 Å². The molecule has 1 heterocycles.